The summed E-state index contributed by atoms with van der Waals surface area (Å²) in [5, 5.41) is 0. The van der Waals surface area contributed by atoms with Gasteiger partial charge < -0.3 is 9.47 Å². The maximum absolute atomic E-state index is 14.7. The van der Waals surface area contributed by atoms with Crippen molar-refractivity contribution in [3.8, 4) is 28.0 Å². The van der Waals surface area contributed by atoms with Crippen LogP contribution in [0.5, 0.6) is 5.75 Å². The van der Waals surface area contributed by atoms with Crippen LogP contribution in [-0.2, 0) is 4.74 Å². The van der Waals surface area contributed by atoms with Gasteiger partial charge in [0.1, 0.15) is 5.82 Å². The topological polar surface area (TPSA) is 18.5 Å². The monoisotopic (exact) mass is 412 g/mol. The fourth-order valence-electron chi connectivity index (χ4n) is 3.85. The van der Waals surface area contributed by atoms with Gasteiger partial charge in [-0.3, -0.25) is 0 Å². The van der Waals surface area contributed by atoms with Crippen LogP contribution in [0.1, 0.15) is 31.4 Å². The molecule has 156 valence electrons. The Morgan fingerprint density at radius 3 is 2.17 bits per heavy atom. The van der Waals surface area contributed by atoms with Crippen molar-refractivity contribution in [1.82, 2.24) is 0 Å². The molecule has 2 atom stereocenters. The lowest BCUT2D eigenvalue weighted by molar-refractivity contribution is -0.0141. The first-order valence-electron chi connectivity index (χ1n) is 10.0. The van der Waals surface area contributed by atoms with Gasteiger partial charge in [-0.25, -0.2) is 8.78 Å². The molecular formula is C25H23F3O2. The first-order chi connectivity index (χ1) is 14.5. The number of hydrogen-bond donors (Lipinski definition) is 0. The first-order valence-corrected chi connectivity index (χ1v) is 10.0. The Bertz CT molecular complexity index is 1040. The summed E-state index contributed by atoms with van der Waals surface area (Å²) in [6.45, 7) is 2.78. The molecule has 0 saturated carbocycles. The average molecular weight is 412 g/mol. The molecule has 30 heavy (non-hydrogen) atoms. The molecule has 0 aromatic heterocycles. The van der Waals surface area contributed by atoms with Gasteiger partial charge in [0.15, 0.2) is 11.6 Å². The average Bonchev–Trinajstić information content (AvgIpc) is 2.76. The Balaban J connectivity index is 1.57. The zero-order valence-electron chi connectivity index (χ0n) is 16.9. The van der Waals surface area contributed by atoms with Gasteiger partial charge in [0.25, 0.3) is 0 Å². The second kappa shape index (κ2) is 8.52. The van der Waals surface area contributed by atoms with Crippen LogP contribution in [-0.4, -0.2) is 13.7 Å². The first kappa shape index (κ1) is 20.5. The molecule has 0 bridgehead atoms. The fourth-order valence-corrected chi connectivity index (χ4v) is 3.85. The van der Waals surface area contributed by atoms with Gasteiger partial charge in [-0.1, -0.05) is 43.3 Å². The van der Waals surface area contributed by atoms with Gasteiger partial charge in [0.05, 0.1) is 13.2 Å². The number of methoxy groups -OCH3 is 1. The molecule has 3 aromatic rings. The molecule has 2 unspecified atom stereocenters. The van der Waals surface area contributed by atoms with Crippen molar-refractivity contribution >= 4 is 0 Å². The SMILES string of the molecule is COc1ccc(-c2ccc(-c3ccc(C4CCC(C)CO4)c(F)c3)cc2)c(F)c1F. The number of benzene rings is 3. The molecule has 2 nitrogen and oxygen atoms in total. The molecular weight excluding hydrogens is 389 g/mol. The van der Waals surface area contributed by atoms with Crippen molar-refractivity contribution in [3.05, 3.63) is 77.6 Å². The van der Waals surface area contributed by atoms with Crippen LogP contribution in [0.4, 0.5) is 13.2 Å². The molecule has 1 fully saturated rings. The Morgan fingerprint density at radius 1 is 0.833 bits per heavy atom. The number of halogens is 3. The van der Waals surface area contributed by atoms with Gasteiger partial charge >= 0.3 is 0 Å². The normalized spacial score (nSPS) is 19.0. The summed E-state index contributed by atoms with van der Waals surface area (Å²) >= 11 is 0. The van der Waals surface area contributed by atoms with Crippen molar-refractivity contribution in [2.45, 2.75) is 25.9 Å². The van der Waals surface area contributed by atoms with E-state index in [2.05, 4.69) is 6.92 Å². The van der Waals surface area contributed by atoms with Gasteiger partial charge in [0.2, 0.25) is 5.82 Å². The summed E-state index contributed by atoms with van der Waals surface area (Å²) in [5.41, 5.74) is 2.76. The summed E-state index contributed by atoms with van der Waals surface area (Å²) in [6.07, 6.45) is 1.64. The maximum Gasteiger partial charge on any atom is 0.201 e. The van der Waals surface area contributed by atoms with E-state index in [0.29, 0.717) is 29.2 Å². The Kier molecular flexibility index (Phi) is 5.82. The minimum Gasteiger partial charge on any atom is -0.494 e. The maximum atomic E-state index is 14.7. The summed E-state index contributed by atoms with van der Waals surface area (Å²) < 4.78 is 53.7. The van der Waals surface area contributed by atoms with Crippen LogP contribution in [0.15, 0.2) is 54.6 Å². The van der Waals surface area contributed by atoms with Crippen LogP contribution in [0.2, 0.25) is 0 Å². The van der Waals surface area contributed by atoms with Crippen LogP contribution in [0, 0.1) is 23.4 Å². The highest BCUT2D eigenvalue weighted by Crippen LogP contribution is 2.35. The lowest BCUT2D eigenvalue weighted by Crippen LogP contribution is -2.19. The van der Waals surface area contributed by atoms with Crippen molar-refractivity contribution in [2.24, 2.45) is 5.92 Å². The summed E-state index contributed by atoms with van der Waals surface area (Å²) in [5.74, 6) is -1.90. The van der Waals surface area contributed by atoms with E-state index in [0.717, 1.165) is 18.4 Å². The van der Waals surface area contributed by atoms with Gasteiger partial charge in [-0.2, -0.15) is 4.39 Å². The third-order valence-electron chi connectivity index (χ3n) is 5.65. The minimum atomic E-state index is -1.02. The molecule has 0 radical (unpaired) electrons. The molecule has 0 spiro atoms. The standard InChI is InChI=1S/C25H23F3O2/c1-15-3-11-22(30-14-15)20-9-8-18(13-21(20)26)16-4-6-17(7-5-16)19-10-12-23(29-2)25(28)24(19)27/h4-10,12-13,15,22H,3,11,14H2,1-2H3. The highest BCUT2D eigenvalue weighted by molar-refractivity contribution is 5.71. The highest BCUT2D eigenvalue weighted by atomic mass is 19.2. The van der Waals surface area contributed by atoms with E-state index in [1.807, 2.05) is 6.07 Å². The zero-order chi connectivity index (χ0) is 21.3. The lowest BCUT2D eigenvalue weighted by Gasteiger charge is -2.27. The van der Waals surface area contributed by atoms with Gasteiger partial charge in [-0.15, -0.1) is 0 Å². The third kappa shape index (κ3) is 3.94. The van der Waals surface area contributed by atoms with Crippen molar-refractivity contribution in [1.29, 1.82) is 0 Å². The summed E-state index contributed by atoms with van der Waals surface area (Å²) in [4.78, 5) is 0. The molecule has 3 aromatic carbocycles. The highest BCUT2D eigenvalue weighted by Gasteiger charge is 2.23. The van der Waals surface area contributed by atoms with Crippen LogP contribution in [0.25, 0.3) is 22.3 Å². The van der Waals surface area contributed by atoms with Crippen molar-refractivity contribution in [2.75, 3.05) is 13.7 Å². The third-order valence-corrected chi connectivity index (χ3v) is 5.65. The van der Waals surface area contributed by atoms with E-state index < -0.39 is 11.6 Å². The zero-order valence-corrected chi connectivity index (χ0v) is 16.9. The van der Waals surface area contributed by atoms with Crippen LogP contribution in [0.3, 0.4) is 0 Å². The van der Waals surface area contributed by atoms with Crippen LogP contribution < -0.4 is 4.74 Å². The molecule has 1 saturated heterocycles. The lowest BCUT2D eigenvalue weighted by atomic mass is 9.94. The summed E-state index contributed by atoms with van der Waals surface area (Å²) in [7, 11) is 1.29. The van der Waals surface area contributed by atoms with E-state index in [1.54, 1.807) is 30.3 Å². The van der Waals surface area contributed by atoms with E-state index in [4.69, 9.17) is 9.47 Å². The Morgan fingerprint density at radius 2 is 1.53 bits per heavy atom. The van der Waals surface area contributed by atoms with Crippen LogP contribution >= 0.6 is 0 Å². The molecule has 5 heteroatoms. The molecule has 0 aliphatic carbocycles. The van der Waals surface area contributed by atoms with Gasteiger partial charge in [-0.05, 0) is 53.6 Å². The predicted octanol–water partition coefficient (Wildman–Crippen LogP) is 6.93. The second-order valence-electron chi connectivity index (χ2n) is 7.76. The largest absolute Gasteiger partial charge is 0.494 e. The quantitative estimate of drug-likeness (QED) is 0.462. The van der Waals surface area contributed by atoms with Crippen molar-refractivity contribution < 1.29 is 22.6 Å². The Hall–Kier alpha value is -2.79. The second-order valence-corrected chi connectivity index (χ2v) is 7.76. The molecule has 4 rings (SSSR count). The molecule has 1 aliphatic heterocycles. The molecule has 0 amide bonds. The number of hydrogen-bond acceptors (Lipinski definition) is 2. The van der Waals surface area contributed by atoms with E-state index in [1.165, 1.54) is 25.3 Å². The fraction of sp³-hybridized carbons (Fsp3) is 0.280. The summed E-state index contributed by atoms with van der Waals surface area (Å²) in [6, 6.07) is 14.9. The van der Waals surface area contributed by atoms with E-state index in [9.17, 15) is 13.2 Å². The molecule has 1 heterocycles. The van der Waals surface area contributed by atoms with Crippen molar-refractivity contribution in [3.63, 3.8) is 0 Å². The predicted molar refractivity (Wildman–Crippen MR) is 111 cm³/mol. The minimum absolute atomic E-state index is 0.139. The molecule has 0 N–H and O–H groups in total. The molecule has 1 aliphatic rings. The number of rotatable bonds is 4. The Labute approximate surface area is 174 Å². The smallest absolute Gasteiger partial charge is 0.201 e. The van der Waals surface area contributed by atoms with Gasteiger partial charge in [0, 0.05) is 17.7 Å². The number of ether oxygens (including phenoxy) is 2. The van der Waals surface area contributed by atoms with E-state index >= 15 is 0 Å². The van der Waals surface area contributed by atoms with E-state index in [-0.39, 0.29) is 23.2 Å².